The van der Waals surface area contributed by atoms with Crippen molar-refractivity contribution in [2.24, 2.45) is 0 Å². The molecule has 33 heavy (non-hydrogen) atoms. The van der Waals surface area contributed by atoms with Gasteiger partial charge in [0.05, 0.1) is 31.7 Å². The zero-order valence-electron chi connectivity index (χ0n) is 18.9. The molecule has 1 fully saturated rings. The molecule has 0 aliphatic carbocycles. The highest BCUT2D eigenvalue weighted by atomic mass is 32.2. The monoisotopic (exact) mass is 466 g/mol. The van der Waals surface area contributed by atoms with Crippen molar-refractivity contribution in [2.45, 2.75) is 23.6 Å². The van der Waals surface area contributed by atoms with E-state index in [2.05, 4.69) is 0 Å². The summed E-state index contributed by atoms with van der Waals surface area (Å²) in [4.78, 5) is 30.5. The van der Waals surface area contributed by atoms with Crippen LogP contribution in [0.25, 0.3) is 11.3 Å². The Hall–Kier alpha value is -3.23. The molecule has 5 rings (SSSR count). The van der Waals surface area contributed by atoms with E-state index in [4.69, 9.17) is 13.9 Å². The molecule has 1 saturated heterocycles. The highest BCUT2D eigenvalue weighted by Gasteiger charge is 2.31. The van der Waals surface area contributed by atoms with Crippen LogP contribution in [0, 0.1) is 0 Å². The van der Waals surface area contributed by atoms with Gasteiger partial charge in [0.1, 0.15) is 5.76 Å². The van der Waals surface area contributed by atoms with Crippen LogP contribution < -0.4 is 15.2 Å². The first kappa shape index (κ1) is 22.9. The minimum absolute atomic E-state index is 0.133. The van der Waals surface area contributed by atoms with E-state index in [9.17, 15) is 9.59 Å². The Morgan fingerprint density at radius 1 is 1.00 bits per heavy atom. The van der Waals surface area contributed by atoms with Gasteiger partial charge in [-0.2, -0.15) is 0 Å². The van der Waals surface area contributed by atoms with E-state index in [0.29, 0.717) is 43.6 Å². The molecule has 8 heteroatoms. The minimum Gasteiger partial charge on any atom is -0.452 e. The van der Waals surface area contributed by atoms with Crippen LogP contribution in [0.5, 0.6) is 0 Å². The van der Waals surface area contributed by atoms with E-state index >= 15 is 0 Å². The Balaban J connectivity index is 0.00000126. The number of hydrogen-bond donors (Lipinski definition) is 0. The molecule has 172 valence electrons. The number of nitrogens with zero attached hydrogens (tertiary/aromatic N) is 2. The number of amides is 1. The molecule has 0 atom stereocenters. The lowest BCUT2D eigenvalue weighted by Gasteiger charge is -2.31. The van der Waals surface area contributed by atoms with Crippen LogP contribution in [0.15, 0.2) is 73.6 Å². The summed E-state index contributed by atoms with van der Waals surface area (Å²) in [5.74, 6) is 0.983. The molecule has 7 nitrogen and oxygen atoms in total. The Morgan fingerprint density at radius 3 is 2.48 bits per heavy atom. The van der Waals surface area contributed by atoms with E-state index < -0.39 is 6.09 Å². The van der Waals surface area contributed by atoms with Crippen molar-refractivity contribution in [3.63, 3.8) is 0 Å². The number of morpholine rings is 1. The smallest absolute Gasteiger partial charge is 0.418 e. The number of ether oxygens (including phenoxy) is 2. The lowest BCUT2D eigenvalue weighted by Crippen LogP contribution is -2.36. The first-order chi connectivity index (χ1) is 16.2. The molecule has 1 amide bonds. The predicted octanol–water partition coefficient (Wildman–Crippen LogP) is 5.54. The van der Waals surface area contributed by atoms with Gasteiger partial charge < -0.3 is 18.8 Å². The van der Waals surface area contributed by atoms with Gasteiger partial charge in [0.2, 0.25) is 0 Å². The first-order valence-corrected chi connectivity index (χ1v) is 11.7. The number of anilines is 3. The van der Waals surface area contributed by atoms with E-state index in [0.717, 1.165) is 21.0 Å². The second-order valence-electron chi connectivity index (χ2n) is 7.12. The average Bonchev–Trinajstić information content (AvgIpc) is 2.87. The number of carbonyl (C=O) groups excluding carboxylic acids is 1. The number of para-hydroxylation sites is 1. The quantitative estimate of drug-likeness (QED) is 0.491. The third-order valence-corrected chi connectivity index (χ3v) is 6.45. The molecule has 0 bridgehead atoms. The Bertz CT molecular complexity index is 1200. The number of methoxy groups -OCH3 is 1. The van der Waals surface area contributed by atoms with Crippen LogP contribution in [0.1, 0.15) is 13.8 Å². The molecule has 0 unspecified atom stereocenters. The summed E-state index contributed by atoms with van der Waals surface area (Å²) in [5.41, 5.74) is 2.06. The van der Waals surface area contributed by atoms with Gasteiger partial charge >= 0.3 is 6.09 Å². The van der Waals surface area contributed by atoms with Crippen LogP contribution in [0.3, 0.4) is 0 Å². The normalized spacial score (nSPS) is 14.5. The molecular formula is C25H26N2O5S. The molecule has 0 saturated carbocycles. The minimum atomic E-state index is -0.477. The van der Waals surface area contributed by atoms with Crippen molar-refractivity contribution < 1.29 is 18.7 Å². The van der Waals surface area contributed by atoms with Gasteiger partial charge in [0.25, 0.3) is 0 Å². The predicted molar refractivity (Wildman–Crippen MR) is 130 cm³/mol. The Kier molecular flexibility index (Phi) is 7.05. The summed E-state index contributed by atoms with van der Waals surface area (Å²) < 4.78 is 16.6. The molecule has 2 aliphatic heterocycles. The Labute approximate surface area is 196 Å². The van der Waals surface area contributed by atoms with E-state index in [-0.39, 0.29) is 5.43 Å². The number of fused-ring (bicyclic) bond motifs is 2. The van der Waals surface area contributed by atoms with Gasteiger partial charge in [-0.25, -0.2) is 9.69 Å². The number of hydrogen-bond acceptors (Lipinski definition) is 7. The van der Waals surface area contributed by atoms with Crippen molar-refractivity contribution in [3.8, 4) is 11.3 Å². The Morgan fingerprint density at radius 2 is 1.73 bits per heavy atom. The molecule has 0 radical (unpaired) electrons. The van der Waals surface area contributed by atoms with Crippen LogP contribution >= 0.6 is 11.8 Å². The van der Waals surface area contributed by atoms with Gasteiger partial charge in [0.15, 0.2) is 11.3 Å². The zero-order valence-corrected chi connectivity index (χ0v) is 19.7. The maximum absolute atomic E-state index is 12.7. The van der Waals surface area contributed by atoms with Crippen molar-refractivity contribution in [1.82, 2.24) is 0 Å². The standard InChI is InChI=1S/C23H20N2O5S.C2H6/c1-28-23(27)25-17-6-2-3-8-20(17)31-22-16(5-4-7-18(22)25)19-13-15(26)14-21(30-19)24-9-11-29-12-10-24;1-2/h2-8,13-14H,9-12H2,1H3;1-2H3. The first-order valence-electron chi connectivity index (χ1n) is 10.9. The molecule has 3 aromatic rings. The number of carbonyl (C=O) groups is 1. The van der Waals surface area contributed by atoms with Crippen molar-refractivity contribution >= 4 is 35.1 Å². The molecule has 2 aromatic carbocycles. The summed E-state index contributed by atoms with van der Waals surface area (Å²) in [6.45, 7) is 6.51. The van der Waals surface area contributed by atoms with Crippen LogP contribution in [0.4, 0.5) is 22.1 Å². The zero-order chi connectivity index (χ0) is 23.4. The van der Waals surface area contributed by atoms with Crippen LogP contribution in [-0.4, -0.2) is 39.5 Å². The van der Waals surface area contributed by atoms with Gasteiger partial charge in [0, 0.05) is 40.6 Å². The van der Waals surface area contributed by atoms with E-state index in [1.165, 1.54) is 31.0 Å². The summed E-state index contributed by atoms with van der Waals surface area (Å²) in [6.07, 6.45) is -0.477. The van der Waals surface area contributed by atoms with E-state index in [1.807, 2.05) is 61.2 Å². The maximum Gasteiger partial charge on any atom is 0.418 e. The topological polar surface area (TPSA) is 72.2 Å². The highest BCUT2D eigenvalue weighted by molar-refractivity contribution is 8.00. The molecule has 0 spiro atoms. The average molecular weight is 467 g/mol. The van der Waals surface area contributed by atoms with Crippen molar-refractivity contribution in [1.29, 1.82) is 0 Å². The SMILES string of the molecule is CC.COC(=O)N1c2ccccc2Sc2c(-c3cc(=O)cc(N4CCOCC4)o3)cccc21. The van der Waals surface area contributed by atoms with Gasteiger partial charge in [-0.1, -0.05) is 43.8 Å². The van der Waals surface area contributed by atoms with Crippen LogP contribution in [-0.2, 0) is 9.47 Å². The van der Waals surface area contributed by atoms with Gasteiger partial charge in [-0.3, -0.25) is 4.79 Å². The lowest BCUT2D eigenvalue weighted by atomic mass is 10.1. The summed E-state index contributed by atoms with van der Waals surface area (Å²) in [7, 11) is 1.36. The second-order valence-corrected chi connectivity index (χ2v) is 8.18. The second kappa shape index (κ2) is 10.1. The molecule has 2 aliphatic rings. The molecule has 0 N–H and O–H groups in total. The third kappa shape index (κ3) is 4.49. The molecule has 3 heterocycles. The summed E-state index contributed by atoms with van der Waals surface area (Å²) in [6, 6.07) is 16.3. The van der Waals surface area contributed by atoms with E-state index in [1.54, 1.807) is 4.90 Å². The van der Waals surface area contributed by atoms with Gasteiger partial charge in [-0.15, -0.1) is 0 Å². The molecular weight excluding hydrogens is 440 g/mol. The fourth-order valence-electron chi connectivity index (χ4n) is 3.79. The fourth-order valence-corrected chi connectivity index (χ4v) is 4.97. The lowest BCUT2D eigenvalue weighted by molar-refractivity contribution is 0.120. The molecule has 1 aromatic heterocycles. The summed E-state index contributed by atoms with van der Waals surface area (Å²) >= 11 is 1.54. The van der Waals surface area contributed by atoms with Crippen LogP contribution in [0.2, 0.25) is 0 Å². The largest absolute Gasteiger partial charge is 0.452 e. The highest BCUT2D eigenvalue weighted by Crippen LogP contribution is 2.51. The number of benzene rings is 2. The van der Waals surface area contributed by atoms with Gasteiger partial charge in [-0.05, 0) is 24.3 Å². The fraction of sp³-hybridized carbons (Fsp3) is 0.280. The van der Waals surface area contributed by atoms with Crippen molar-refractivity contribution in [3.05, 3.63) is 64.8 Å². The summed E-state index contributed by atoms with van der Waals surface area (Å²) in [5, 5.41) is 0. The maximum atomic E-state index is 12.7. The number of rotatable bonds is 2. The van der Waals surface area contributed by atoms with Crippen molar-refractivity contribution in [2.75, 3.05) is 43.2 Å². The third-order valence-electron chi connectivity index (χ3n) is 5.25.